The molecule has 0 bridgehead atoms. The van der Waals surface area contributed by atoms with Gasteiger partial charge in [-0.1, -0.05) is 159 Å². The second-order valence-corrected chi connectivity index (χ2v) is 14.3. The van der Waals surface area contributed by atoms with Crippen LogP contribution in [0, 0.1) is 0 Å². The summed E-state index contributed by atoms with van der Waals surface area (Å²) in [6.07, 6.45) is 0. The predicted molar refractivity (Wildman–Crippen MR) is 216 cm³/mol. The maximum absolute atomic E-state index is 6.97. The van der Waals surface area contributed by atoms with Crippen molar-refractivity contribution in [2.24, 2.45) is 0 Å². The predicted octanol–water partition coefficient (Wildman–Crippen LogP) is 13.6. The minimum absolute atomic E-state index is 0.139. The highest BCUT2D eigenvalue weighted by Crippen LogP contribution is 2.59. The van der Waals surface area contributed by atoms with E-state index in [1.165, 1.54) is 27.8 Å². The molecule has 53 heavy (non-hydrogen) atoms. The van der Waals surface area contributed by atoms with E-state index in [1.807, 2.05) is 18.2 Å². The van der Waals surface area contributed by atoms with Crippen LogP contribution >= 0.6 is 0 Å². The lowest BCUT2D eigenvalue weighted by Crippen LogP contribution is -2.15. The third-order valence-electron chi connectivity index (χ3n) is 10.8. The van der Waals surface area contributed by atoms with Gasteiger partial charge in [-0.2, -0.15) is 0 Å². The molecule has 10 rings (SSSR count). The molecule has 8 aromatic rings. The van der Waals surface area contributed by atoms with Crippen molar-refractivity contribution in [1.82, 2.24) is 4.98 Å². The molecule has 0 N–H and O–H groups in total. The van der Waals surface area contributed by atoms with Crippen molar-refractivity contribution < 1.29 is 9.47 Å². The first-order valence-corrected chi connectivity index (χ1v) is 18.1. The van der Waals surface area contributed by atoms with E-state index in [2.05, 4.69) is 172 Å². The Labute approximate surface area is 309 Å². The van der Waals surface area contributed by atoms with Crippen LogP contribution in [0.5, 0.6) is 23.0 Å². The van der Waals surface area contributed by atoms with Crippen molar-refractivity contribution in [1.29, 1.82) is 0 Å². The van der Waals surface area contributed by atoms with E-state index >= 15 is 0 Å². The van der Waals surface area contributed by atoms with E-state index in [0.29, 0.717) is 5.75 Å². The van der Waals surface area contributed by atoms with Crippen LogP contribution in [-0.4, -0.2) is 4.98 Å². The molecule has 0 saturated carbocycles. The highest BCUT2D eigenvalue weighted by atomic mass is 16.6. The Morgan fingerprint density at radius 3 is 1.72 bits per heavy atom. The van der Waals surface area contributed by atoms with Gasteiger partial charge in [-0.25, -0.2) is 4.98 Å². The number of pyridine rings is 1. The molecule has 1 aliphatic heterocycles. The van der Waals surface area contributed by atoms with Crippen molar-refractivity contribution in [2.45, 2.75) is 19.3 Å². The molecule has 3 heteroatoms. The molecule has 0 atom stereocenters. The first-order valence-electron chi connectivity index (χ1n) is 18.1. The average Bonchev–Trinajstić information content (AvgIpc) is 3.46. The van der Waals surface area contributed by atoms with Gasteiger partial charge >= 0.3 is 0 Å². The molecule has 2 aliphatic rings. The Morgan fingerprint density at radius 2 is 0.943 bits per heavy atom. The Balaban J connectivity index is 1.09. The van der Waals surface area contributed by atoms with Crippen LogP contribution in [0.2, 0.25) is 0 Å². The summed E-state index contributed by atoms with van der Waals surface area (Å²) < 4.78 is 13.6. The third-order valence-corrected chi connectivity index (χ3v) is 10.8. The monoisotopic (exact) mass is 681 g/mol. The highest BCUT2D eigenvalue weighted by Gasteiger charge is 2.39. The standard InChI is InChI=1S/C50H35NO2/c1-50(2)41-25-12-11-23-40(41)47-42(50)27-28-46-49(47)53-48-39(24-14-26-45(48)52-46)34-19-13-20-35(29-34)44-31-36(30-43(51-44)33-17-7-4-8-18-33)38-22-10-9-21-37(38)32-15-5-3-6-16-32/h3-31H,1-2H3. The second kappa shape index (κ2) is 12.2. The lowest BCUT2D eigenvalue weighted by atomic mass is 9.82. The number of benzene rings is 7. The molecule has 0 fully saturated rings. The van der Waals surface area contributed by atoms with Gasteiger partial charge < -0.3 is 9.47 Å². The van der Waals surface area contributed by atoms with Crippen molar-refractivity contribution in [2.75, 3.05) is 0 Å². The first kappa shape index (κ1) is 31.1. The number of ether oxygens (including phenoxy) is 2. The normalized spacial score (nSPS) is 13.2. The van der Waals surface area contributed by atoms with Gasteiger partial charge in [0.15, 0.2) is 23.0 Å². The summed E-state index contributed by atoms with van der Waals surface area (Å²) in [7, 11) is 0. The number of para-hydroxylation sites is 1. The van der Waals surface area contributed by atoms with Crippen molar-refractivity contribution in [3.05, 3.63) is 187 Å². The fraction of sp³-hybridized carbons (Fsp3) is 0.0600. The third kappa shape index (κ3) is 5.16. The van der Waals surface area contributed by atoms with Crippen LogP contribution in [0.25, 0.3) is 67.0 Å². The zero-order valence-electron chi connectivity index (χ0n) is 29.5. The molecule has 0 amide bonds. The summed E-state index contributed by atoms with van der Waals surface area (Å²) in [5.41, 5.74) is 15.3. The van der Waals surface area contributed by atoms with Crippen molar-refractivity contribution in [3.8, 4) is 90.0 Å². The average molecular weight is 682 g/mol. The molecule has 1 aliphatic carbocycles. The number of fused-ring (bicyclic) bond motifs is 6. The summed E-state index contributed by atoms with van der Waals surface area (Å²) in [5, 5.41) is 0. The van der Waals surface area contributed by atoms with Crippen LogP contribution in [-0.2, 0) is 5.41 Å². The largest absolute Gasteiger partial charge is 0.449 e. The van der Waals surface area contributed by atoms with E-state index in [1.54, 1.807) is 0 Å². The quantitative estimate of drug-likeness (QED) is 0.181. The maximum atomic E-state index is 6.97. The van der Waals surface area contributed by atoms with Gasteiger partial charge in [0, 0.05) is 27.7 Å². The zero-order chi connectivity index (χ0) is 35.5. The second-order valence-electron chi connectivity index (χ2n) is 14.3. The molecule has 0 spiro atoms. The SMILES string of the molecule is CC1(C)c2ccccc2-c2c1ccc1c2Oc2c(cccc2-c2cccc(-c3cc(-c4ccccc4-c4ccccc4)cc(-c4ccccc4)n3)c2)O1. The van der Waals surface area contributed by atoms with Gasteiger partial charge in [0.05, 0.1) is 11.4 Å². The van der Waals surface area contributed by atoms with Gasteiger partial charge in [-0.3, -0.25) is 0 Å². The molecular formula is C50H35NO2. The number of hydrogen-bond donors (Lipinski definition) is 0. The number of aromatic nitrogens is 1. The Bertz CT molecular complexity index is 2690. The number of nitrogens with zero attached hydrogens (tertiary/aromatic N) is 1. The van der Waals surface area contributed by atoms with E-state index in [4.69, 9.17) is 14.5 Å². The fourth-order valence-corrected chi connectivity index (χ4v) is 8.12. The molecule has 0 radical (unpaired) electrons. The van der Waals surface area contributed by atoms with E-state index in [9.17, 15) is 0 Å². The molecule has 0 saturated heterocycles. The Kier molecular flexibility index (Phi) is 7.16. The van der Waals surface area contributed by atoms with E-state index < -0.39 is 0 Å². The molecule has 2 heterocycles. The lowest BCUT2D eigenvalue weighted by Gasteiger charge is -2.26. The molecule has 3 nitrogen and oxygen atoms in total. The van der Waals surface area contributed by atoms with Crippen LogP contribution in [0.15, 0.2) is 176 Å². The van der Waals surface area contributed by atoms with Crippen LogP contribution in [0.4, 0.5) is 0 Å². The van der Waals surface area contributed by atoms with Gasteiger partial charge in [0.2, 0.25) is 0 Å². The van der Waals surface area contributed by atoms with E-state index in [-0.39, 0.29) is 5.41 Å². The molecule has 252 valence electrons. The lowest BCUT2D eigenvalue weighted by molar-refractivity contribution is 0.361. The molecule has 0 unspecified atom stereocenters. The Hall–Kier alpha value is -6.71. The topological polar surface area (TPSA) is 31.4 Å². The van der Waals surface area contributed by atoms with Crippen LogP contribution in [0.3, 0.4) is 0 Å². The number of rotatable bonds is 5. The minimum atomic E-state index is -0.139. The van der Waals surface area contributed by atoms with Gasteiger partial charge in [0.1, 0.15) is 0 Å². The molecule has 1 aromatic heterocycles. The molecule has 7 aromatic carbocycles. The van der Waals surface area contributed by atoms with Gasteiger partial charge in [0.25, 0.3) is 0 Å². The highest BCUT2D eigenvalue weighted by molar-refractivity contribution is 5.90. The summed E-state index contributed by atoms with van der Waals surface area (Å²) in [6.45, 7) is 4.57. The fourth-order valence-electron chi connectivity index (χ4n) is 8.12. The minimum Gasteiger partial charge on any atom is -0.449 e. The molecular weight excluding hydrogens is 647 g/mol. The summed E-state index contributed by atoms with van der Waals surface area (Å²) in [4.78, 5) is 5.27. The smallest absolute Gasteiger partial charge is 0.178 e. The van der Waals surface area contributed by atoms with Gasteiger partial charge in [-0.15, -0.1) is 0 Å². The van der Waals surface area contributed by atoms with Crippen LogP contribution in [0.1, 0.15) is 25.0 Å². The summed E-state index contributed by atoms with van der Waals surface area (Å²) in [5.74, 6) is 2.93. The Morgan fingerprint density at radius 1 is 0.377 bits per heavy atom. The zero-order valence-corrected chi connectivity index (χ0v) is 29.5. The van der Waals surface area contributed by atoms with Crippen molar-refractivity contribution in [3.63, 3.8) is 0 Å². The maximum Gasteiger partial charge on any atom is 0.178 e. The number of hydrogen-bond acceptors (Lipinski definition) is 3. The van der Waals surface area contributed by atoms with E-state index in [0.717, 1.165) is 67.6 Å². The van der Waals surface area contributed by atoms with Crippen molar-refractivity contribution >= 4 is 0 Å². The van der Waals surface area contributed by atoms with Crippen LogP contribution < -0.4 is 9.47 Å². The summed E-state index contributed by atoms with van der Waals surface area (Å²) in [6, 6.07) is 61.6. The van der Waals surface area contributed by atoms with Gasteiger partial charge in [-0.05, 0) is 74.8 Å². The summed E-state index contributed by atoms with van der Waals surface area (Å²) >= 11 is 0. The first-order chi connectivity index (χ1) is 26.0.